The Bertz CT molecular complexity index is 537. The number of carboxylic acids is 1. The molecule has 0 aromatic rings. The Morgan fingerprint density at radius 1 is 1.00 bits per heavy atom. The highest BCUT2D eigenvalue weighted by Gasteiger charge is 2.22. The zero-order chi connectivity index (χ0) is 23.5. The Kier molecular flexibility index (Phi) is 17.0. The first-order valence-electron chi connectivity index (χ1n) is 11.8. The van der Waals surface area contributed by atoms with Crippen molar-refractivity contribution in [1.29, 1.82) is 0 Å². The molecule has 0 radical (unpaired) electrons. The van der Waals surface area contributed by atoms with Crippen molar-refractivity contribution in [3.05, 3.63) is 24.3 Å². The molecule has 0 aliphatic heterocycles. The van der Waals surface area contributed by atoms with E-state index < -0.39 is 18.2 Å². The fourth-order valence-corrected chi connectivity index (χ4v) is 3.31. The summed E-state index contributed by atoms with van der Waals surface area (Å²) < 4.78 is 5.86. The Morgan fingerprint density at radius 2 is 1.68 bits per heavy atom. The molecular weight excluding hydrogens is 394 g/mol. The van der Waals surface area contributed by atoms with E-state index in [1.807, 2.05) is 39.4 Å². The summed E-state index contributed by atoms with van der Waals surface area (Å²) in [7, 11) is 5.77. The summed E-state index contributed by atoms with van der Waals surface area (Å²) in [6.07, 6.45) is 17.1. The third kappa shape index (κ3) is 21.4. The van der Waals surface area contributed by atoms with Gasteiger partial charge in [0.25, 0.3) is 0 Å². The van der Waals surface area contributed by atoms with Crippen LogP contribution < -0.4 is 5.11 Å². The van der Waals surface area contributed by atoms with Crippen molar-refractivity contribution in [2.45, 2.75) is 96.2 Å². The van der Waals surface area contributed by atoms with Gasteiger partial charge in [-0.1, -0.05) is 69.8 Å². The molecule has 0 bridgehead atoms. The monoisotopic (exact) mass is 439 g/mol. The van der Waals surface area contributed by atoms with E-state index in [0.29, 0.717) is 17.4 Å². The van der Waals surface area contributed by atoms with Crippen molar-refractivity contribution in [1.82, 2.24) is 0 Å². The van der Waals surface area contributed by atoms with E-state index in [0.717, 1.165) is 44.9 Å². The number of rotatable bonds is 19. The number of aliphatic hydroxyl groups is 1. The van der Waals surface area contributed by atoms with Crippen molar-refractivity contribution >= 4 is 11.9 Å². The molecule has 2 unspecified atom stereocenters. The summed E-state index contributed by atoms with van der Waals surface area (Å²) in [4.78, 5) is 22.9. The average Bonchev–Trinajstić information content (AvgIpc) is 2.64. The van der Waals surface area contributed by atoms with Gasteiger partial charge in [0, 0.05) is 18.8 Å². The molecule has 0 aromatic heterocycles. The summed E-state index contributed by atoms with van der Waals surface area (Å²) in [6.45, 7) is 2.63. The van der Waals surface area contributed by atoms with Crippen LogP contribution >= 0.6 is 0 Å². The molecule has 6 heteroatoms. The highest BCUT2D eigenvalue weighted by Crippen LogP contribution is 2.12. The topological polar surface area (TPSA) is 86.7 Å². The van der Waals surface area contributed by atoms with Crippen LogP contribution in [0.2, 0.25) is 0 Å². The van der Waals surface area contributed by atoms with E-state index >= 15 is 0 Å². The molecule has 0 aliphatic rings. The van der Waals surface area contributed by atoms with E-state index in [-0.39, 0.29) is 12.4 Å². The van der Waals surface area contributed by atoms with Crippen LogP contribution in [0.15, 0.2) is 24.3 Å². The van der Waals surface area contributed by atoms with Crippen molar-refractivity contribution in [2.75, 3.05) is 27.7 Å². The molecule has 1 N–H and O–H groups in total. The number of quaternary nitrogens is 1. The zero-order valence-electron chi connectivity index (χ0n) is 20.2. The molecule has 0 rings (SSSR count). The Labute approximate surface area is 189 Å². The maximum absolute atomic E-state index is 12.0. The van der Waals surface area contributed by atoms with Gasteiger partial charge in [-0.05, 0) is 25.7 Å². The predicted octanol–water partition coefficient (Wildman–Crippen LogP) is 3.53. The molecule has 0 saturated carbocycles. The number of carbonyl (C=O) groups is 2. The highest BCUT2D eigenvalue weighted by atomic mass is 16.5. The molecule has 0 amide bonds. The van der Waals surface area contributed by atoms with Crippen LogP contribution in [-0.4, -0.2) is 61.4 Å². The van der Waals surface area contributed by atoms with Gasteiger partial charge < -0.3 is 24.2 Å². The second kappa shape index (κ2) is 18.0. The molecule has 0 fully saturated rings. The maximum Gasteiger partial charge on any atom is 0.306 e. The van der Waals surface area contributed by atoms with Crippen molar-refractivity contribution in [3.8, 4) is 0 Å². The molecule has 180 valence electrons. The van der Waals surface area contributed by atoms with E-state index in [2.05, 4.69) is 13.0 Å². The summed E-state index contributed by atoms with van der Waals surface area (Å²) >= 11 is 0. The third-order valence-electron chi connectivity index (χ3n) is 4.88. The number of hydrogen-bond acceptors (Lipinski definition) is 5. The molecule has 6 nitrogen and oxygen atoms in total. The number of carboxylic acid groups (broad SMARTS) is 1. The third-order valence-corrected chi connectivity index (χ3v) is 4.88. The Balaban J connectivity index is 3.84. The minimum atomic E-state index is -1.20. The quantitative estimate of drug-likeness (QED) is 0.144. The Hall–Kier alpha value is -1.66. The van der Waals surface area contributed by atoms with Crippen LogP contribution in [0.3, 0.4) is 0 Å². The van der Waals surface area contributed by atoms with Gasteiger partial charge in [0.2, 0.25) is 0 Å². The minimum Gasteiger partial charge on any atom is -0.550 e. The normalized spacial score (nSPS) is 14.2. The summed E-state index contributed by atoms with van der Waals surface area (Å²) in [6, 6.07) is 0. The lowest BCUT2D eigenvalue weighted by molar-refractivity contribution is -0.873. The summed E-state index contributed by atoms with van der Waals surface area (Å²) in [5.74, 6) is -1.55. The number of hydrogen-bond donors (Lipinski definition) is 1. The molecule has 0 heterocycles. The van der Waals surface area contributed by atoms with E-state index in [1.54, 1.807) is 0 Å². The van der Waals surface area contributed by atoms with Gasteiger partial charge in [0.05, 0.1) is 27.2 Å². The standard InChI is InChI=1S/C25H45NO5/c1-5-6-7-8-9-11-14-17-22(27)18-15-12-10-13-16-19-25(30)31-23(20-24(28)29)21-26(2,3)4/h9,11,14,17,22-23,27H,5-8,10,12-13,15-16,18-21H2,1-4H3/b11-9+,17-14+. The van der Waals surface area contributed by atoms with Gasteiger partial charge >= 0.3 is 5.97 Å². The lowest BCUT2D eigenvalue weighted by Gasteiger charge is -2.29. The molecule has 2 atom stereocenters. The zero-order valence-corrected chi connectivity index (χ0v) is 20.2. The average molecular weight is 440 g/mol. The highest BCUT2D eigenvalue weighted by molar-refractivity contribution is 5.70. The summed E-state index contributed by atoms with van der Waals surface area (Å²) in [5.41, 5.74) is 0. The van der Waals surface area contributed by atoms with Crippen molar-refractivity contribution in [3.63, 3.8) is 0 Å². The minimum absolute atomic E-state index is 0.271. The van der Waals surface area contributed by atoms with Crippen LogP contribution in [-0.2, 0) is 14.3 Å². The maximum atomic E-state index is 12.0. The lowest BCUT2D eigenvalue weighted by atomic mass is 10.1. The van der Waals surface area contributed by atoms with Gasteiger partial charge in [-0.3, -0.25) is 4.79 Å². The smallest absolute Gasteiger partial charge is 0.306 e. The number of esters is 1. The number of unbranched alkanes of at least 4 members (excludes halogenated alkanes) is 7. The molecule has 0 aromatic carbocycles. The van der Waals surface area contributed by atoms with Crippen molar-refractivity contribution in [2.24, 2.45) is 0 Å². The lowest BCUT2D eigenvalue weighted by Crippen LogP contribution is -2.45. The first-order valence-corrected chi connectivity index (χ1v) is 11.8. The van der Waals surface area contributed by atoms with Crippen LogP contribution in [0.4, 0.5) is 0 Å². The largest absolute Gasteiger partial charge is 0.550 e. The molecule has 31 heavy (non-hydrogen) atoms. The first-order chi connectivity index (χ1) is 14.6. The van der Waals surface area contributed by atoms with Crippen LogP contribution in [0.5, 0.6) is 0 Å². The number of aliphatic carboxylic acids is 1. The number of carbonyl (C=O) groups excluding carboxylic acids is 2. The SMILES string of the molecule is CCCCC/C=C/C=C/C(O)CCCCCCCC(=O)OC(CC(=O)[O-])C[N+](C)(C)C. The second-order valence-corrected chi connectivity index (χ2v) is 9.34. The van der Waals surface area contributed by atoms with Gasteiger partial charge in [0.1, 0.15) is 6.54 Å². The number of nitrogens with zero attached hydrogens (tertiary/aromatic N) is 1. The number of aliphatic hydroxyl groups excluding tert-OH is 1. The number of likely N-dealkylation sites (N-methyl/N-ethyl adjacent to an activating group) is 1. The van der Waals surface area contributed by atoms with Crippen LogP contribution in [0, 0.1) is 0 Å². The van der Waals surface area contributed by atoms with Crippen LogP contribution in [0.1, 0.15) is 84.0 Å². The molecule has 0 aliphatic carbocycles. The fraction of sp³-hybridized carbons (Fsp3) is 0.760. The molecular formula is C25H45NO5. The van der Waals surface area contributed by atoms with Gasteiger partial charge in [-0.2, -0.15) is 0 Å². The Morgan fingerprint density at radius 3 is 2.32 bits per heavy atom. The van der Waals surface area contributed by atoms with E-state index in [9.17, 15) is 19.8 Å². The van der Waals surface area contributed by atoms with Crippen molar-refractivity contribution < 1.29 is 29.0 Å². The van der Waals surface area contributed by atoms with Gasteiger partial charge in [0.15, 0.2) is 6.10 Å². The molecule has 0 saturated heterocycles. The van der Waals surface area contributed by atoms with Gasteiger partial charge in [-0.25, -0.2) is 0 Å². The number of allylic oxidation sites excluding steroid dienone is 3. The van der Waals surface area contributed by atoms with E-state index in [4.69, 9.17) is 4.74 Å². The molecule has 0 spiro atoms. The fourth-order valence-electron chi connectivity index (χ4n) is 3.31. The van der Waals surface area contributed by atoms with Crippen LogP contribution in [0.25, 0.3) is 0 Å². The summed E-state index contributed by atoms with van der Waals surface area (Å²) in [5, 5.41) is 20.8. The van der Waals surface area contributed by atoms with Gasteiger partial charge in [-0.15, -0.1) is 0 Å². The second-order valence-electron chi connectivity index (χ2n) is 9.34. The first kappa shape index (κ1) is 29.3. The predicted molar refractivity (Wildman–Crippen MR) is 123 cm³/mol. The number of ether oxygens (including phenoxy) is 1. The van der Waals surface area contributed by atoms with E-state index in [1.165, 1.54) is 19.3 Å².